The fraction of sp³-hybridized carbons (Fsp3) is 0.433. The first kappa shape index (κ1) is 32.8. The second-order valence-electron chi connectivity index (χ2n) is 10.8. The Balaban J connectivity index is 2.04. The third-order valence-electron chi connectivity index (χ3n) is 7.34. The summed E-state index contributed by atoms with van der Waals surface area (Å²) >= 11 is 1.09. The molecular formula is C30H37FN6O6S. The standard InChI is InChI=1S/C30H37FN6O6S/c1-8-33-37(32-6)26-19(3)24-25(39)36(30(4,5)28(40)34-13-9-10-14-34)29(41)35(27(24)44-26)16-23(43-17-18(2)38)21-15-20(31)11-12-22(21)42-7/h8-12,15,18,23,38H,6,13-14,16-17H2,1-5,7H3/b33-8-/t18?,23-/m0/s1. The van der Waals surface area contributed by atoms with Gasteiger partial charge in [-0.05, 0) is 52.8 Å². The Kier molecular flexibility index (Phi) is 9.86. The maximum Gasteiger partial charge on any atom is 0.333 e. The van der Waals surface area contributed by atoms with Crippen LogP contribution >= 0.6 is 11.3 Å². The molecule has 2 aromatic heterocycles. The molecule has 3 heterocycles. The number of amides is 1. The molecule has 0 fully saturated rings. The van der Waals surface area contributed by atoms with Gasteiger partial charge in [0.05, 0.1) is 31.8 Å². The van der Waals surface area contributed by atoms with Crippen LogP contribution < -0.4 is 21.1 Å². The van der Waals surface area contributed by atoms with Crippen LogP contribution in [-0.2, 0) is 21.6 Å². The van der Waals surface area contributed by atoms with Crippen molar-refractivity contribution in [3.8, 4) is 5.75 Å². The number of aryl methyl sites for hydroxylation is 1. The van der Waals surface area contributed by atoms with E-state index in [1.54, 1.807) is 18.7 Å². The Morgan fingerprint density at radius 2 is 1.98 bits per heavy atom. The number of ether oxygens (including phenoxy) is 2. The lowest BCUT2D eigenvalue weighted by Crippen LogP contribution is -2.56. The summed E-state index contributed by atoms with van der Waals surface area (Å²) in [6.45, 7) is 11.9. The van der Waals surface area contributed by atoms with E-state index in [2.05, 4.69) is 16.9 Å². The number of hydrazone groups is 2. The molecule has 2 atom stereocenters. The Morgan fingerprint density at radius 1 is 1.30 bits per heavy atom. The number of nitrogens with zero attached hydrogens (tertiary/aromatic N) is 6. The third-order valence-corrected chi connectivity index (χ3v) is 8.62. The van der Waals surface area contributed by atoms with Gasteiger partial charge in [-0.1, -0.05) is 23.5 Å². The lowest BCUT2D eigenvalue weighted by Gasteiger charge is -2.31. The summed E-state index contributed by atoms with van der Waals surface area (Å²) in [7, 11) is 1.42. The van der Waals surface area contributed by atoms with E-state index in [0.717, 1.165) is 15.9 Å². The zero-order valence-electron chi connectivity index (χ0n) is 25.6. The minimum atomic E-state index is -1.57. The lowest BCUT2D eigenvalue weighted by molar-refractivity contribution is -0.138. The lowest BCUT2D eigenvalue weighted by atomic mass is 10.0. The van der Waals surface area contributed by atoms with Crippen LogP contribution in [0.2, 0.25) is 0 Å². The van der Waals surface area contributed by atoms with Gasteiger partial charge in [0.15, 0.2) is 0 Å². The number of methoxy groups -OCH3 is 1. The van der Waals surface area contributed by atoms with E-state index in [-0.39, 0.29) is 23.4 Å². The van der Waals surface area contributed by atoms with Crippen molar-refractivity contribution >= 4 is 45.4 Å². The van der Waals surface area contributed by atoms with Crippen molar-refractivity contribution in [2.75, 3.05) is 31.9 Å². The predicted octanol–water partition coefficient (Wildman–Crippen LogP) is 3.38. The maximum absolute atomic E-state index is 14.5. The van der Waals surface area contributed by atoms with Crippen LogP contribution in [0.15, 0.2) is 50.1 Å². The number of benzene rings is 1. The molecule has 0 saturated heterocycles. The summed E-state index contributed by atoms with van der Waals surface area (Å²) in [5.74, 6) is -0.655. The first-order chi connectivity index (χ1) is 20.9. The van der Waals surface area contributed by atoms with E-state index >= 15 is 0 Å². The van der Waals surface area contributed by atoms with Crippen LogP contribution in [0.25, 0.3) is 10.2 Å². The molecule has 4 rings (SSSR count). The molecule has 1 unspecified atom stereocenters. The second-order valence-corrected chi connectivity index (χ2v) is 11.8. The molecule has 1 aliphatic rings. The molecule has 1 aliphatic heterocycles. The van der Waals surface area contributed by atoms with Crippen LogP contribution in [0.4, 0.5) is 9.39 Å². The molecule has 1 N–H and O–H groups in total. The molecule has 0 spiro atoms. The largest absolute Gasteiger partial charge is 0.496 e. The molecule has 3 aromatic rings. The number of anilines is 1. The highest BCUT2D eigenvalue weighted by Gasteiger charge is 2.39. The molecule has 1 amide bonds. The topological polar surface area (TPSA) is 131 Å². The highest BCUT2D eigenvalue weighted by atomic mass is 32.1. The van der Waals surface area contributed by atoms with Crippen molar-refractivity contribution in [2.45, 2.75) is 58.9 Å². The number of halogens is 1. The number of fused-ring (bicyclic) bond motifs is 1. The minimum Gasteiger partial charge on any atom is -0.496 e. The van der Waals surface area contributed by atoms with Crippen molar-refractivity contribution in [3.05, 3.63) is 68.1 Å². The molecular weight excluding hydrogens is 591 g/mol. The van der Waals surface area contributed by atoms with Crippen LogP contribution in [0.5, 0.6) is 5.75 Å². The molecule has 0 aliphatic carbocycles. The van der Waals surface area contributed by atoms with E-state index in [9.17, 15) is 23.9 Å². The molecule has 0 saturated carbocycles. The Labute approximate surface area is 257 Å². The van der Waals surface area contributed by atoms with Gasteiger partial charge in [0.25, 0.3) is 5.56 Å². The molecule has 12 nitrogen and oxygen atoms in total. The third kappa shape index (κ3) is 6.10. The van der Waals surface area contributed by atoms with Crippen LogP contribution in [0.1, 0.15) is 44.9 Å². The van der Waals surface area contributed by atoms with E-state index in [4.69, 9.17) is 9.47 Å². The van der Waals surface area contributed by atoms with Gasteiger partial charge in [-0.15, -0.1) is 5.12 Å². The van der Waals surface area contributed by atoms with Crippen molar-refractivity contribution in [2.24, 2.45) is 10.2 Å². The summed E-state index contributed by atoms with van der Waals surface area (Å²) in [6.07, 6.45) is 3.32. The van der Waals surface area contributed by atoms with Crippen LogP contribution in [0, 0.1) is 12.7 Å². The van der Waals surface area contributed by atoms with Gasteiger partial charge in [-0.2, -0.15) is 10.2 Å². The van der Waals surface area contributed by atoms with Gasteiger partial charge in [0.2, 0.25) is 5.91 Å². The predicted molar refractivity (Wildman–Crippen MR) is 170 cm³/mol. The van der Waals surface area contributed by atoms with E-state index in [1.165, 1.54) is 62.0 Å². The minimum absolute atomic E-state index is 0.137. The highest BCUT2D eigenvalue weighted by molar-refractivity contribution is 7.22. The van der Waals surface area contributed by atoms with Gasteiger partial charge in [-0.25, -0.2) is 13.8 Å². The number of carbonyl (C=O) groups is 1. The monoisotopic (exact) mass is 628 g/mol. The quantitative estimate of drug-likeness (QED) is 0.185. The van der Waals surface area contributed by atoms with Gasteiger partial charge >= 0.3 is 5.69 Å². The number of hydrogen-bond donors (Lipinski definition) is 1. The van der Waals surface area contributed by atoms with Gasteiger partial charge in [-0.3, -0.25) is 14.2 Å². The van der Waals surface area contributed by atoms with E-state index < -0.39 is 40.7 Å². The fourth-order valence-corrected chi connectivity index (χ4v) is 6.42. The second kappa shape index (κ2) is 13.2. The zero-order chi connectivity index (χ0) is 32.3. The van der Waals surface area contributed by atoms with Crippen molar-refractivity contribution in [3.63, 3.8) is 0 Å². The number of thiophene rings is 1. The molecule has 0 radical (unpaired) electrons. The average Bonchev–Trinajstić information content (AvgIpc) is 3.63. The highest BCUT2D eigenvalue weighted by Crippen LogP contribution is 2.38. The molecule has 14 heteroatoms. The number of aliphatic hydroxyl groups excluding tert-OH is 1. The van der Waals surface area contributed by atoms with Gasteiger partial charge in [0, 0.05) is 37.1 Å². The molecule has 44 heavy (non-hydrogen) atoms. The Hall–Kier alpha value is -4.14. The number of aromatic nitrogens is 2. The average molecular weight is 629 g/mol. The van der Waals surface area contributed by atoms with Crippen molar-refractivity contribution < 1.29 is 23.8 Å². The van der Waals surface area contributed by atoms with E-state index in [0.29, 0.717) is 35.0 Å². The molecule has 1 aromatic carbocycles. The Bertz CT molecular complexity index is 1730. The summed E-state index contributed by atoms with van der Waals surface area (Å²) in [6, 6.07) is 3.92. The summed E-state index contributed by atoms with van der Waals surface area (Å²) in [5, 5.41) is 20.1. The fourth-order valence-electron chi connectivity index (χ4n) is 5.19. The zero-order valence-corrected chi connectivity index (χ0v) is 26.4. The molecule has 236 valence electrons. The summed E-state index contributed by atoms with van der Waals surface area (Å²) < 4.78 is 28.3. The van der Waals surface area contributed by atoms with Crippen LogP contribution in [-0.4, -0.2) is 70.9 Å². The summed E-state index contributed by atoms with van der Waals surface area (Å²) in [5.41, 5.74) is -2.22. The SMILES string of the molecule is C=NN(/N=C\C)c1sc2c(c1C)c(=O)n(C(C)(C)C(=O)N1CC=CC1)c(=O)n2C[C@H](OCC(C)O)c1cc(F)ccc1OC. The Morgan fingerprint density at radius 3 is 2.57 bits per heavy atom. The number of carbonyl (C=O) groups excluding carboxylic acids is 1. The van der Waals surface area contributed by atoms with Crippen LogP contribution in [0.3, 0.4) is 0 Å². The normalized spacial score (nSPS) is 14.9. The van der Waals surface area contributed by atoms with Gasteiger partial charge in [0.1, 0.15) is 33.0 Å². The first-order valence-electron chi connectivity index (χ1n) is 14.0. The summed E-state index contributed by atoms with van der Waals surface area (Å²) in [4.78, 5) is 44.2. The van der Waals surface area contributed by atoms with E-state index in [1.807, 2.05) is 12.2 Å². The maximum atomic E-state index is 14.5. The first-order valence-corrected chi connectivity index (χ1v) is 14.8. The smallest absolute Gasteiger partial charge is 0.333 e. The van der Waals surface area contributed by atoms with Crippen molar-refractivity contribution in [1.29, 1.82) is 0 Å². The number of aliphatic hydroxyl groups is 1. The molecule has 0 bridgehead atoms. The number of rotatable bonds is 12. The number of hydrogen-bond acceptors (Lipinski definition) is 10. The van der Waals surface area contributed by atoms with Crippen molar-refractivity contribution in [1.82, 2.24) is 14.0 Å². The van der Waals surface area contributed by atoms with Gasteiger partial charge < -0.3 is 19.5 Å².